The molecule has 3 aliphatic rings. The number of nitrogens with zero attached hydrogens (tertiary/aromatic N) is 3. The van der Waals surface area contributed by atoms with Crippen LogP contribution in [0.2, 0.25) is 0 Å². The molecule has 3 aliphatic heterocycles. The number of ether oxygens (including phenoxy) is 1. The van der Waals surface area contributed by atoms with Crippen molar-refractivity contribution in [1.29, 1.82) is 0 Å². The molecular weight excluding hydrogens is 286 g/mol. The number of piperidine rings is 1. The molecule has 22 heavy (non-hydrogen) atoms. The molecule has 4 rings (SSSR count). The Morgan fingerprint density at radius 3 is 2.95 bits per heavy atom. The molecule has 0 unspecified atom stereocenters. The number of rotatable bonds is 4. The van der Waals surface area contributed by atoms with E-state index < -0.39 is 0 Å². The Labute approximate surface area is 129 Å². The van der Waals surface area contributed by atoms with Gasteiger partial charge in [0, 0.05) is 38.9 Å². The van der Waals surface area contributed by atoms with Crippen molar-refractivity contribution in [3.63, 3.8) is 0 Å². The number of carbonyl (C=O) groups is 2. The van der Waals surface area contributed by atoms with Crippen molar-refractivity contribution in [3.8, 4) is 0 Å². The first-order valence-corrected chi connectivity index (χ1v) is 7.62. The van der Waals surface area contributed by atoms with Gasteiger partial charge in [0.05, 0.1) is 12.5 Å². The van der Waals surface area contributed by atoms with E-state index in [0.29, 0.717) is 37.7 Å². The van der Waals surface area contributed by atoms with Crippen LogP contribution in [-0.4, -0.2) is 66.2 Å². The van der Waals surface area contributed by atoms with Gasteiger partial charge in [0.2, 0.25) is 5.91 Å². The first kappa shape index (κ1) is 15.0. The van der Waals surface area contributed by atoms with Crippen molar-refractivity contribution >= 4 is 11.8 Å². The Kier molecular flexibility index (Phi) is 4.15. The third kappa shape index (κ3) is 2.72. The number of carbonyl (C=O) groups excluding carboxylic acids is 2. The number of amides is 2. The van der Waals surface area contributed by atoms with E-state index >= 15 is 0 Å². The van der Waals surface area contributed by atoms with Crippen molar-refractivity contribution in [2.45, 2.75) is 25.8 Å². The summed E-state index contributed by atoms with van der Waals surface area (Å²) < 4.78 is 10.1. The third-order valence-corrected chi connectivity index (χ3v) is 4.46. The van der Waals surface area contributed by atoms with Gasteiger partial charge in [0.1, 0.15) is 5.76 Å². The standard InChI is InChI=1S/C15H21N3O4/c1-10-7-13(16-22-10)15(20)17-8-11-3-4-12(9-17)18(14(11)19)5-6-21-2/h7,11-12H,3-6,8-9H2,1-2H3/t11-,12+/m0/s1. The van der Waals surface area contributed by atoms with Gasteiger partial charge in [-0.05, 0) is 19.8 Å². The molecule has 1 aromatic rings. The van der Waals surface area contributed by atoms with Gasteiger partial charge in [-0.25, -0.2) is 0 Å². The number of hydrogen-bond acceptors (Lipinski definition) is 5. The summed E-state index contributed by atoms with van der Waals surface area (Å²) >= 11 is 0. The fourth-order valence-electron chi connectivity index (χ4n) is 3.32. The van der Waals surface area contributed by atoms with Crippen LogP contribution in [0.5, 0.6) is 0 Å². The molecule has 7 heteroatoms. The molecule has 0 aliphatic carbocycles. The van der Waals surface area contributed by atoms with Crippen LogP contribution in [0.1, 0.15) is 29.1 Å². The first-order valence-electron chi connectivity index (χ1n) is 7.62. The van der Waals surface area contributed by atoms with Gasteiger partial charge in [0.15, 0.2) is 5.69 Å². The van der Waals surface area contributed by atoms with Gasteiger partial charge in [-0.1, -0.05) is 5.16 Å². The van der Waals surface area contributed by atoms with Crippen molar-refractivity contribution in [2.24, 2.45) is 5.92 Å². The Morgan fingerprint density at radius 1 is 1.45 bits per heavy atom. The van der Waals surface area contributed by atoms with Crippen LogP contribution in [-0.2, 0) is 9.53 Å². The summed E-state index contributed by atoms with van der Waals surface area (Å²) in [7, 11) is 1.63. The van der Waals surface area contributed by atoms with Crippen LogP contribution < -0.4 is 0 Å². The molecule has 0 saturated carbocycles. The highest BCUT2D eigenvalue weighted by Crippen LogP contribution is 2.29. The largest absolute Gasteiger partial charge is 0.383 e. The second-order valence-electron chi connectivity index (χ2n) is 5.99. The number of aromatic nitrogens is 1. The van der Waals surface area contributed by atoms with E-state index in [4.69, 9.17) is 9.26 Å². The second kappa shape index (κ2) is 6.08. The van der Waals surface area contributed by atoms with Crippen LogP contribution in [0.3, 0.4) is 0 Å². The summed E-state index contributed by atoms with van der Waals surface area (Å²) in [6.07, 6.45) is 1.77. The Balaban J connectivity index is 1.77. The molecule has 1 aromatic heterocycles. The topological polar surface area (TPSA) is 75.9 Å². The highest BCUT2D eigenvalue weighted by atomic mass is 16.5. The molecule has 0 radical (unpaired) electrons. The number of methoxy groups -OCH3 is 1. The lowest BCUT2D eigenvalue weighted by atomic mass is 9.94. The quantitative estimate of drug-likeness (QED) is 0.818. The zero-order valence-corrected chi connectivity index (χ0v) is 12.9. The average Bonchev–Trinajstić information content (AvgIpc) is 2.76. The van der Waals surface area contributed by atoms with Crippen LogP contribution >= 0.6 is 0 Å². The predicted octanol–water partition coefficient (Wildman–Crippen LogP) is 0.692. The lowest BCUT2D eigenvalue weighted by Gasteiger charge is -2.35. The summed E-state index contributed by atoms with van der Waals surface area (Å²) in [4.78, 5) is 28.7. The third-order valence-electron chi connectivity index (χ3n) is 4.46. The summed E-state index contributed by atoms with van der Waals surface area (Å²) in [5.74, 6) is 0.474. The molecule has 3 saturated heterocycles. The molecule has 0 N–H and O–H groups in total. The molecule has 0 aromatic carbocycles. The van der Waals surface area contributed by atoms with E-state index in [1.54, 1.807) is 25.0 Å². The maximum atomic E-state index is 12.6. The van der Waals surface area contributed by atoms with Gasteiger partial charge in [-0.2, -0.15) is 0 Å². The predicted molar refractivity (Wildman–Crippen MR) is 77.2 cm³/mol. The van der Waals surface area contributed by atoms with Crippen molar-refractivity contribution < 1.29 is 18.8 Å². The summed E-state index contributed by atoms with van der Waals surface area (Å²) in [6, 6.07) is 1.71. The molecule has 3 fully saturated rings. The average molecular weight is 307 g/mol. The molecule has 7 nitrogen and oxygen atoms in total. The monoisotopic (exact) mass is 307 g/mol. The Hall–Kier alpha value is -1.89. The van der Waals surface area contributed by atoms with E-state index in [-0.39, 0.29) is 23.8 Å². The van der Waals surface area contributed by atoms with Crippen molar-refractivity contribution in [1.82, 2.24) is 15.0 Å². The van der Waals surface area contributed by atoms with Crippen LogP contribution in [0.4, 0.5) is 0 Å². The van der Waals surface area contributed by atoms with Gasteiger partial charge in [-0.3, -0.25) is 9.59 Å². The summed E-state index contributed by atoms with van der Waals surface area (Å²) in [5, 5.41) is 3.79. The zero-order valence-electron chi connectivity index (χ0n) is 12.9. The number of aryl methyl sites for hydroxylation is 1. The lowest BCUT2D eigenvalue weighted by Crippen LogP contribution is -2.49. The smallest absolute Gasteiger partial charge is 0.276 e. The minimum atomic E-state index is -0.157. The Bertz CT molecular complexity index is 571. The first-order chi connectivity index (χ1) is 10.6. The highest BCUT2D eigenvalue weighted by Gasteiger charge is 2.42. The Morgan fingerprint density at radius 2 is 2.27 bits per heavy atom. The van der Waals surface area contributed by atoms with E-state index in [0.717, 1.165) is 12.8 Å². The van der Waals surface area contributed by atoms with Gasteiger partial charge in [-0.15, -0.1) is 0 Å². The van der Waals surface area contributed by atoms with Crippen molar-refractivity contribution in [2.75, 3.05) is 33.4 Å². The highest BCUT2D eigenvalue weighted by molar-refractivity contribution is 5.93. The normalized spacial score (nSPS) is 24.7. The van der Waals surface area contributed by atoms with Gasteiger partial charge in [0.25, 0.3) is 5.91 Å². The lowest BCUT2D eigenvalue weighted by molar-refractivity contribution is -0.140. The van der Waals surface area contributed by atoms with E-state index in [1.165, 1.54) is 0 Å². The molecule has 2 atom stereocenters. The van der Waals surface area contributed by atoms with Gasteiger partial charge < -0.3 is 19.1 Å². The minimum Gasteiger partial charge on any atom is -0.383 e. The van der Waals surface area contributed by atoms with Crippen molar-refractivity contribution in [3.05, 3.63) is 17.5 Å². The molecule has 4 heterocycles. The maximum absolute atomic E-state index is 12.6. The fraction of sp³-hybridized carbons (Fsp3) is 0.667. The van der Waals surface area contributed by atoms with Crippen LogP contribution in [0.25, 0.3) is 0 Å². The van der Waals surface area contributed by atoms with E-state index in [2.05, 4.69) is 5.16 Å². The number of hydrogen-bond donors (Lipinski definition) is 0. The van der Waals surface area contributed by atoms with E-state index in [1.807, 2.05) is 4.90 Å². The molecule has 2 amide bonds. The van der Waals surface area contributed by atoms with Gasteiger partial charge >= 0.3 is 0 Å². The zero-order chi connectivity index (χ0) is 15.7. The SMILES string of the molecule is COCCN1C(=O)[C@H]2CC[C@@H]1CN(C(=O)c1cc(C)on1)C2. The molecule has 2 bridgehead atoms. The van der Waals surface area contributed by atoms with E-state index in [9.17, 15) is 9.59 Å². The number of fused-ring (bicyclic) bond motifs is 4. The molecular formula is C15H21N3O4. The van der Waals surface area contributed by atoms with Crippen LogP contribution in [0, 0.1) is 12.8 Å². The maximum Gasteiger partial charge on any atom is 0.276 e. The fourth-order valence-corrected chi connectivity index (χ4v) is 3.32. The second-order valence-corrected chi connectivity index (χ2v) is 5.99. The molecule has 0 spiro atoms. The van der Waals surface area contributed by atoms with Crippen LogP contribution in [0.15, 0.2) is 10.6 Å². The summed E-state index contributed by atoms with van der Waals surface area (Å²) in [5.41, 5.74) is 0.315. The minimum absolute atomic E-state index is 0.0679. The molecule has 120 valence electrons. The summed E-state index contributed by atoms with van der Waals surface area (Å²) in [6.45, 7) is 3.87.